The Bertz CT molecular complexity index is 577. The third-order valence-electron chi connectivity index (χ3n) is 2.92. The number of aromatic nitrogens is 4. The quantitative estimate of drug-likeness (QED) is 0.905. The molecule has 0 aliphatic heterocycles. The Balaban J connectivity index is 2.16. The lowest BCUT2D eigenvalue weighted by atomic mass is 9.87. The molecule has 0 bridgehead atoms. The molecule has 0 aromatic carbocycles. The average molecular weight is 278 g/mol. The number of ether oxygens (including phenoxy) is 1. The van der Waals surface area contributed by atoms with Crippen LogP contribution < -0.4 is 4.74 Å². The van der Waals surface area contributed by atoms with Crippen LogP contribution in [0.15, 0.2) is 16.9 Å². The van der Waals surface area contributed by atoms with Gasteiger partial charge in [0.25, 0.3) is 0 Å². The summed E-state index contributed by atoms with van der Waals surface area (Å²) in [4.78, 5) is 12.2. The molecule has 7 heteroatoms. The molecule has 0 amide bonds. The first-order valence-electron chi connectivity index (χ1n) is 6.27. The van der Waals surface area contributed by atoms with Gasteiger partial charge in [-0.2, -0.15) is 4.98 Å². The summed E-state index contributed by atoms with van der Waals surface area (Å²) in [5.41, 5.74) is 0.268. The minimum absolute atomic E-state index is 0.243. The van der Waals surface area contributed by atoms with Crippen molar-refractivity contribution in [2.75, 3.05) is 7.11 Å². The summed E-state index contributed by atoms with van der Waals surface area (Å²) < 4.78 is 10.2. The summed E-state index contributed by atoms with van der Waals surface area (Å²) in [5, 5.41) is 13.9. The Morgan fingerprint density at radius 2 is 2.10 bits per heavy atom. The fourth-order valence-electron chi connectivity index (χ4n) is 1.49. The van der Waals surface area contributed by atoms with E-state index in [9.17, 15) is 5.11 Å². The van der Waals surface area contributed by atoms with E-state index in [1.807, 2.05) is 20.8 Å². The second kappa shape index (κ2) is 5.54. The minimum Gasteiger partial charge on any atom is -0.481 e. The van der Waals surface area contributed by atoms with Crippen molar-refractivity contribution in [3.05, 3.63) is 18.3 Å². The predicted octanol–water partition coefficient (Wildman–Crippen LogP) is 1.48. The fraction of sp³-hybridized carbons (Fsp3) is 0.538. The number of hydrogen-bond acceptors (Lipinski definition) is 7. The van der Waals surface area contributed by atoms with Crippen LogP contribution in [0.5, 0.6) is 5.88 Å². The van der Waals surface area contributed by atoms with E-state index in [0.717, 1.165) is 0 Å². The largest absolute Gasteiger partial charge is 0.481 e. The van der Waals surface area contributed by atoms with Crippen molar-refractivity contribution in [1.82, 2.24) is 20.1 Å². The topological polar surface area (TPSA) is 94.2 Å². The molecule has 7 nitrogen and oxygen atoms in total. The molecule has 0 spiro atoms. The van der Waals surface area contributed by atoms with Crippen LogP contribution in [0.2, 0.25) is 0 Å². The van der Waals surface area contributed by atoms with Crippen LogP contribution >= 0.6 is 0 Å². The number of hydrogen-bond donors (Lipinski definition) is 1. The fourth-order valence-corrected chi connectivity index (χ4v) is 1.49. The SMILES string of the molecule is COc1cc(-c2noc(CC(O)C(C)(C)C)n2)ncn1. The van der Waals surface area contributed by atoms with Crippen LogP contribution in [-0.4, -0.2) is 38.4 Å². The third kappa shape index (κ3) is 3.30. The zero-order chi connectivity index (χ0) is 14.8. The molecule has 0 saturated carbocycles. The first-order chi connectivity index (χ1) is 9.40. The smallest absolute Gasteiger partial charge is 0.229 e. The molecule has 2 aromatic rings. The Hall–Kier alpha value is -2.02. The lowest BCUT2D eigenvalue weighted by Crippen LogP contribution is -2.28. The Kier molecular flexibility index (Phi) is 3.99. The van der Waals surface area contributed by atoms with Gasteiger partial charge in [-0.05, 0) is 5.41 Å². The van der Waals surface area contributed by atoms with Crippen molar-refractivity contribution in [3.8, 4) is 17.4 Å². The summed E-state index contributed by atoms with van der Waals surface area (Å²) in [5.74, 6) is 1.15. The standard InChI is InChI=1S/C13H18N4O3/c1-13(2,3)9(18)6-11-16-12(17-20-11)8-5-10(19-4)15-7-14-8/h5,7,9,18H,6H2,1-4H3. The molecule has 0 aliphatic carbocycles. The normalized spacial score (nSPS) is 13.2. The van der Waals surface area contributed by atoms with Gasteiger partial charge in [0.05, 0.1) is 19.6 Å². The van der Waals surface area contributed by atoms with E-state index in [0.29, 0.717) is 29.7 Å². The molecular weight excluding hydrogens is 260 g/mol. The highest BCUT2D eigenvalue weighted by Gasteiger charge is 2.25. The van der Waals surface area contributed by atoms with Gasteiger partial charge in [-0.15, -0.1) is 0 Å². The van der Waals surface area contributed by atoms with Gasteiger partial charge in [0.15, 0.2) is 0 Å². The molecule has 0 fully saturated rings. The molecule has 0 aliphatic rings. The molecule has 0 radical (unpaired) electrons. The first-order valence-corrected chi connectivity index (χ1v) is 6.27. The number of rotatable bonds is 4. The van der Waals surface area contributed by atoms with Gasteiger partial charge in [0.2, 0.25) is 17.6 Å². The second-order valence-electron chi connectivity index (χ2n) is 5.54. The number of aliphatic hydroxyl groups is 1. The van der Waals surface area contributed by atoms with E-state index in [4.69, 9.17) is 9.26 Å². The molecule has 1 atom stereocenters. The van der Waals surface area contributed by atoms with Crippen molar-refractivity contribution in [3.63, 3.8) is 0 Å². The minimum atomic E-state index is -0.560. The molecule has 1 N–H and O–H groups in total. The highest BCUT2D eigenvalue weighted by molar-refractivity contribution is 5.49. The highest BCUT2D eigenvalue weighted by Crippen LogP contribution is 2.23. The van der Waals surface area contributed by atoms with Gasteiger partial charge in [-0.25, -0.2) is 9.97 Å². The summed E-state index contributed by atoms with van der Waals surface area (Å²) >= 11 is 0. The van der Waals surface area contributed by atoms with Crippen LogP contribution in [-0.2, 0) is 6.42 Å². The summed E-state index contributed by atoms with van der Waals surface area (Å²) in [6, 6.07) is 1.62. The van der Waals surface area contributed by atoms with Crippen molar-refractivity contribution < 1.29 is 14.4 Å². The second-order valence-corrected chi connectivity index (χ2v) is 5.54. The van der Waals surface area contributed by atoms with Crippen LogP contribution in [0, 0.1) is 5.41 Å². The Morgan fingerprint density at radius 3 is 2.75 bits per heavy atom. The number of nitrogens with zero attached hydrogens (tertiary/aromatic N) is 4. The van der Waals surface area contributed by atoms with E-state index < -0.39 is 6.10 Å². The molecule has 2 aromatic heterocycles. The van der Waals surface area contributed by atoms with E-state index in [-0.39, 0.29) is 5.41 Å². The molecule has 1 unspecified atom stereocenters. The van der Waals surface area contributed by atoms with E-state index in [1.54, 1.807) is 6.07 Å². The maximum atomic E-state index is 10.0. The average Bonchev–Trinajstić information content (AvgIpc) is 2.86. The zero-order valence-electron chi connectivity index (χ0n) is 12.0. The third-order valence-corrected chi connectivity index (χ3v) is 2.92. The number of aliphatic hydroxyl groups excluding tert-OH is 1. The van der Waals surface area contributed by atoms with Gasteiger partial charge < -0.3 is 14.4 Å². The summed E-state index contributed by atoms with van der Waals surface area (Å²) in [6.07, 6.45) is 1.11. The van der Waals surface area contributed by atoms with E-state index in [2.05, 4.69) is 20.1 Å². The lowest BCUT2D eigenvalue weighted by molar-refractivity contribution is 0.0565. The van der Waals surface area contributed by atoms with Crippen molar-refractivity contribution in [2.24, 2.45) is 5.41 Å². The predicted molar refractivity (Wildman–Crippen MR) is 71.0 cm³/mol. The lowest BCUT2D eigenvalue weighted by Gasteiger charge is -2.24. The van der Waals surface area contributed by atoms with Crippen molar-refractivity contribution in [1.29, 1.82) is 0 Å². The van der Waals surface area contributed by atoms with Crippen LogP contribution in [0.25, 0.3) is 11.5 Å². The Labute approximate surface area is 117 Å². The first kappa shape index (κ1) is 14.4. The highest BCUT2D eigenvalue weighted by atomic mass is 16.5. The molecule has 20 heavy (non-hydrogen) atoms. The van der Waals surface area contributed by atoms with Gasteiger partial charge in [-0.1, -0.05) is 25.9 Å². The van der Waals surface area contributed by atoms with Crippen molar-refractivity contribution in [2.45, 2.75) is 33.3 Å². The molecule has 2 rings (SSSR count). The summed E-state index contributed by atoms with van der Waals surface area (Å²) in [6.45, 7) is 5.85. The molecule has 0 saturated heterocycles. The van der Waals surface area contributed by atoms with E-state index in [1.165, 1.54) is 13.4 Å². The molecular formula is C13H18N4O3. The zero-order valence-corrected chi connectivity index (χ0v) is 12.0. The molecule has 2 heterocycles. The van der Waals surface area contributed by atoms with Gasteiger partial charge in [-0.3, -0.25) is 0 Å². The van der Waals surface area contributed by atoms with Crippen molar-refractivity contribution >= 4 is 0 Å². The Morgan fingerprint density at radius 1 is 1.35 bits per heavy atom. The molecule has 108 valence electrons. The van der Waals surface area contributed by atoms with Gasteiger partial charge in [0.1, 0.15) is 12.0 Å². The van der Waals surface area contributed by atoms with Crippen LogP contribution in [0.3, 0.4) is 0 Å². The van der Waals surface area contributed by atoms with Gasteiger partial charge >= 0.3 is 0 Å². The van der Waals surface area contributed by atoms with Crippen LogP contribution in [0.1, 0.15) is 26.7 Å². The maximum absolute atomic E-state index is 10.0. The monoisotopic (exact) mass is 278 g/mol. The van der Waals surface area contributed by atoms with E-state index >= 15 is 0 Å². The maximum Gasteiger partial charge on any atom is 0.229 e. The van der Waals surface area contributed by atoms with Crippen LogP contribution in [0.4, 0.5) is 0 Å². The number of methoxy groups -OCH3 is 1. The van der Waals surface area contributed by atoms with Gasteiger partial charge in [0, 0.05) is 6.07 Å². The summed E-state index contributed by atoms with van der Waals surface area (Å²) in [7, 11) is 1.52.